The molecule has 17 heavy (non-hydrogen) atoms. The average molecular weight is 255 g/mol. The first-order chi connectivity index (χ1) is 8.20. The number of rotatable bonds is 3. The normalized spacial score (nSPS) is 20.4. The van der Waals surface area contributed by atoms with Crippen LogP contribution in [0.15, 0.2) is 24.3 Å². The van der Waals surface area contributed by atoms with Gasteiger partial charge in [-0.25, -0.2) is 0 Å². The summed E-state index contributed by atoms with van der Waals surface area (Å²) in [5.41, 5.74) is 1.14. The molecule has 1 atom stereocenters. The SMILES string of the molecule is CN1CCN(C(CO)c2ccc(Cl)cc2)CC1. The summed E-state index contributed by atoms with van der Waals surface area (Å²) in [6, 6.07) is 7.87. The molecule has 94 valence electrons. The molecule has 0 saturated carbocycles. The Morgan fingerprint density at radius 3 is 2.29 bits per heavy atom. The minimum absolute atomic E-state index is 0.0981. The zero-order valence-electron chi connectivity index (χ0n) is 10.1. The van der Waals surface area contributed by atoms with Gasteiger partial charge in [0.15, 0.2) is 0 Å². The molecular formula is C13H19ClN2O. The second-order valence-electron chi connectivity index (χ2n) is 4.59. The lowest BCUT2D eigenvalue weighted by Gasteiger charge is -2.37. The van der Waals surface area contributed by atoms with Gasteiger partial charge in [0.05, 0.1) is 12.6 Å². The van der Waals surface area contributed by atoms with E-state index < -0.39 is 0 Å². The number of hydrogen-bond acceptors (Lipinski definition) is 3. The number of piperazine rings is 1. The van der Waals surface area contributed by atoms with Crippen molar-refractivity contribution in [1.29, 1.82) is 0 Å². The molecule has 1 saturated heterocycles. The Kier molecular flexibility index (Phi) is 4.40. The molecular weight excluding hydrogens is 236 g/mol. The maximum atomic E-state index is 9.58. The van der Waals surface area contributed by atoms with Gasteiger partial charge in [0, 0.05) is 31.2 Å². The maximum absolute atomic E-state index is 9.58. The fraction of sp³-hybridized carbons (Fsp3) is 0.538. The zero-order valence-corrected chi connectivity index (χ0v) is 10.9. The van der Waals surface area contributed by atoms with E-state index >= 15 is 0 Å². The van der Waals surface area contributed by atoms with E-state index in [2.05, 4.69) is 16.8 Å². The Morgan fingerprint density at radius 2 is 1.76 bits per heavy atom. The third kappa shape index (κ3) is 3.19. The lowest BCUT2D eigenvalue weighted by Crippen LogP contribution is -2.46. The van der Waals surface area contributed by atoms with Gasteiger partial charge in [-0.05, 0) is 24.7 Å². The van der Waals surface area contributed by atoms with Gasteiger partial charge < -0.3 is 10.0 Å². The molecule has 0 radical (unpaired) electrons. The summed E-state index contributed by atoms with van der Waals surface area (Å²) < 4.78 is 0. The molecule has 0 bridgehead atoms. The van der Waals surface area contributed by atoms with Crippen LogP contribution in [0.3, 0.4) is 0 Å². The Hall–Kier alpha value is -0.610. The van der Waals surface area contributed by atoms with E-state index in [1.54, 1.807) is 0 Å². The van der Waals surface area contributed by atoms with Crippen molar-refractivity contribution in [3.05, 3.63) is 34.9 Å². The second kappa shape index (κ2) is 5.83. The Balaban J connectivity index is 2.08. The van der Waals surface area contributed by atoms with Crippen molar-refractivity contribution >= 4 is 11.6 Å². The number of likely N-dealkylation sites (N-methyl/N-ethyl adjacent to an activating group) is 1. The van der Waals surface area contributed by atoms with Gasteiger partial charge in [-0.2, -0.15) is 0 Å². The van der Waals surface area contributed by atoms with Crippen LogP contribution in [0.5, 0.6) is 0 Å². The predicted octanol–water partition coefficient (Wildman–Crippen LogP) is 1.62. The first-order valence-corrected chi connectivity index (χ1v) is 6.37. The van der Waals surface area contributed by atoms with E-state index in [-0.39, 0.29) is 12.6 Å². The summed E-state index contributed by atoms with van der Waals surface area (Å²) in [6.45, 7) is 4.29. The van der Waals surface area contributed by atoms with E-state index in [1.807, 2.05) is 24.3 Å². The number of benzene rings is 1. The van der Waals surface area contributed by atoms with Gasteiger partial charge in [-0.3, -0.25) is 4.90 Å². The summed E-state index contributed by atoms with van der Waals surface area (Å²) in [5, 5.41) is 10.3. The largest absolute Gasteiger partial charge is 0.394 e. The van der Waals surface area contributed by atoms with Crippen LogP contribution in [-0.2, 0) is 0 Å². The van der Waals surface area contributed by atoms with Crippen molar-refractivity contribution in [3.63, 3.8) is 0 Å². The van der Waals surface area contributed by atoms with E-state index in [1.165, 1.54) is 0 Å². The fourth-order valence-electron chi connectivity index (χ4n) is 2.25. The standard InChI is InChI=1S/C13H19ClN2O/c1-15-6-8-16(9-7-15)13(10-17)11-2-4-12(14)5-3-11/h2-5,13,17H,6-10H2,1H3. The monoisotopic (exact) mass is 254 g/mol. The van der Waals surface area contributed by atoms with Crippen LogP contribution in [0.4, 0.5) is 0 Å². The number of nitrogens with zero attached hydrogens (tertiary/aromatic N) is 2. The van der Waals surface area contributed by atoms with Crippen LogP contribution < -0.4 is 0 Å². The first kappa shape index (κ1) is 12.8. The predicted molar refractivity (Wildman–Crippen MR) is 70.3 cm³/mol. The third-order valence-corrected chi connectivity index (χ3v) is 3.66. The van der Waals surface area contributed by atoms with Crippen LogP contribution in [0, 0.1) is 0 Å². The maximum Gasteiger partial charge on any atom is 0.0628 e. The summed E-state index contributed by atoms with van der Waals surface area (Å²) in [5.74, 6) is 0. The molecule has 1 aromatic rings. The van der Waals surface area contributed by atoms with Crippen molar-refractivity contribution in [3.8, 4) is 0 Å². The third-order valence-electron chi connectivity index (χ3n) is 3.41. The van der Waals surface area contributed by atoms with E-state index in [0.717, 1.165) is 36.8 Å². The van der Waals surface area contributed by atoms with Crippen molar-refractivity contribution in [2.24, 2.45) is 0 Å². The molecule has 1 aliphatic rings. The Morgan fingerprint density at radius 1 is 1.18 bits per heavy atom. The molecule has 1 aliphatic heterocycles. The van der Waals surface area contributed by atoms with Crippen molar-refractivity contribution in [1.82, 2.24) is 9.80 Å². The van der Waals surface area contributed by atoms with E-state index in [9.17, 15) is 5.11 Å². The highest BCUT2D eigenvalue weighted by molar-refractivity contribution is 6.30. The molecule has 0 amide bonds. The van der Waals surface area contributed by atoms with Gasteiger partial charge in [0.1, 0.15) is 0 Å². The first-order valence-electron chi connectivity index (χ1n) is 5.99. The smallest absolute Gasteiger partial charge is 0.0628 e. The molecule has 2 rings (SSSR count). The van der Waals surface area contributed by atoms with Crippen LogP contribution in [0.25, 0.3) is 0 Å². The van der Waals surface area contributed by atoms with Gasteiger partial charge in [-0.15, -0.1) is 0 Å². The lowest BCUT2D eigenvalue weighted by atomic mass is 10.1. The molecule has 3 nitrogen and oxygen atoms in total. The van der Waals surface area contributed by atoms with Crippen LogP contribution in [0.1, 0.15) is 11.6 Å². The van der Waals surface area contributed by atoms with Crippen LogP contribution >= 0.6 is 11.6 Å². The highest BCUT2D eigenvalue weighted by atomic mass is 35.5. The van der Waals surface area contributed by atoms with Gasteiger partial charge in [0.2, 0.25) is 0 Å². The quantitative estimate of drug-likeness (QED) is 0.888. The Bertz CT molecular complexity index is 347. The molecule has 1 N–H and O–H groups in total. The van der Waals surface area contributed by atoms with Crippen molar-refractivity contribution in [2.45, 2.75) is 6.04 Å². The second-order valence-corrected chi connectivity index (χ2v) is 5.03. The van der Waals surface area contributed by atoms with Gasteiger partial charge in [-0.1, -0.05) is 23.7 Å². The average Bonchev–Trinajstić information content (AvgIpc) is 2.35. The number of aliphatic hydroxyl groups excluding tert-OH is 1. The minimum atomic E-state index is 0.0981. The summed E-state index contributed by atoms with van der Waals surface area (Å²) in [6.07, 6.45) is 0. The molecule has 0 spiro atoms. The summed E-state index contributed by atoms with van der Waals surface area (Å²) in [4.78, 5) is 4.65. The Labute approximate surface area is 108 Å². The highest BCUT2D eigenvalue weighted by Gasteiger charge is 2.22. The molecule has 0 aromatic heterocycles. The van der Waals surface area contributed by atoms with E-state index in [4.69, 9.17) is 11.6 Å². The summed E-state index contributed by atoms with van der Waals surface area (Å²) in [7, 11) is 2.13. The number of hydrogen-bond donors (Lipinski definition) is 1. The molecule has 1 aromatic carbocycles. The van der Waals surface area contributed by atoms with Crippen molar-refractivity contribution < 1.29 is 5.11 Å². The molecule has 1 fully saturated rings. The van der Waals surface area contributed by atoms with Gasteiger partial charge >= 0.3 is 0 Å². The molecule has 1 heterocycles. The minimum Gasteiger partial charge on any atom is -0.394 e. The molecule has 4 heteroatoms. The molecule has 1 unspecified atom stereocenters. The fourth-order valence-corrected chi connectivity index (χ4v) is 2.38. The van der Waals surface area contributed by atoms with Crippen LogP contribution in [-0.4, -0.2) is 54.7 Å². The lowest BCUT2D eigenvalue weighted by molar-refractivity contribution is 0.0748. The van der Waals surface area contributed by atoms with Gasteiger partial charge in [0.25, 0.3) is 0 Å². The topological polar surface area (TPSA) is 26.7 Å². The molecule has 0 aliphatic carbocycles. The van der Waals surface area contributed by atoms with Crippen LogP contribution in [0.2, 0.25) is 5.02 Å². The number of aliphatic hydroxyl groups is 1. The summed E-state index contributed by atoms with van der Waals surface area (Å²) >= 11 is 5.88. The van der Waals surface area contributed by atoms with E-state index in [0.29, 0.717) is 0 Å². The highest BCUT2D eigenvalue weighted by Crippen LogP contribution is 2.23. The zero-order chi connectivity index (χ0) is 12.3. The van der Waals surface area contributed by atoms with Crippen molar-refractivity contribution in [2.75, 3.05) is 39.8 Å². The number of halogens is 1.